The highest BCUT2D eigenvalue weighted by Crippen LogP contribution is 2.24. The molecule has 2 N–H and O–H groups in total. The summed E-state index contributed by atoms with van der Waals surface area (Å²) in [6.45, 7) is 4.11. The normalized spacial score (nSPS) is 16.1. The second-order valence-corrected chi connectivity index (χ2v) is 4.01. The first kappa shape index (κ1) is 12.5. The van der Waals surface area contributed by atoms with Crippen molar-refractivity contribution >= 4 is 5.91 Å². The summed E-state index contributed by atoms with van der Waals surface area (Å²) >= 11 is 0. The molecule has 0 saturated heterocycles. The van der Waals surface area contributed by atoms with Crippen LogP contribution in [0.5, 0.6) is 0 Å². The van der Waals surface area contributed by atoms with Gasteiger partial charge in [-0.1, -0.05) is 6.92 Å². The number of ether oxygens (including phenoxy) is 1. The maximum Gasteiger partial charge on any atom is 0.248 e. The molecule has 0 aromatic carbocycles. The van der Waals surface area contributed by atoms with Gasteiger partial charge >= 0.3 is 0 Å². The Labute approximate surface area is 91.8 Å². The summed E-state index contributed by atoms with van der Waals surface area (Å²) < 4.78 is 5.26. The number of hydrogen-bond donors (Lipinski definition) is 1. The molecule has 15 heavy (non-hydrogen) atoms. The van der Waals surface area contributed by atoms with Crippen molar-refractivity contribution in [2.24, 2.45) is 5.73 Å². The molecule has 1 saturated carbocycles. The van der Waals surface area contributed by atoms with Gasteiger partial charge in [0, 0.05) is 25.7 Å². The van der Waals surface area contributed by atoms with E-state index in [2.05, 4.69) is 0 Å². The van der Waals surface area contributed by atoms with Crippen LogP contribution in [0.2, 0.25) is 0 Å². The Balaban J connectivity index is 2.29. The molecule has 0 atom stereocenters. The van der Waals surface area contributed by atoms with E-state index in [1.165, 1.54) is 6.42 Å². The van der Waals surface area contributed by atoms with Gasteiger partial charge in [0.15, 0.2) is 0 Å². The van der Waals surface area contributed by atoms with E-state index in [4.69, 9.17) is 10.5 Å². The van der Waals surface area contributed by atoms with Gasteiger partial charge in [0.25, 0.3) is 0 Å². The molecule has 0 heterocycles. The van der Waals surface area contributed by atoms with E-state index >= 15 is 0 Å². The van der Waals surface area contributed by atoms with Crippen LogP contribution in [0.4, 0.5) is 0 Å². The zero-order chi connectivity index (χ0) is 11.1. The van der Waals surface area contributed by atoms with E-state index in [-0.39, 0.29) is 12.5 Å². The molecule has 0 unspecified atom stereocenters. The molecule has 0 aromatic rings. The third kappa shape index (κ3) is 3.80. The van der Waals surface area contributed by atoms with Crippen LogP contribution in [0.25, 0.3) is 0 Å². The van der Waals surface area contributed by atoms with Crippen molar-refractivity contribution in [2.75, 3.05) is 26.3 Å². The van der Waals surface area contributed by atoms with Crippen molar-refractivity contribution in [3.8, 4) is 0 Å². The SMILES string of the molecule is CCCOCC(=O)N(CCN)C1CCC1. The maximum atomic E-state index is 11.8. The Morgan fingerprint density at radius 2 is 2.27 bits per heavy atom. The lowest BCUT2D eigenvalue weighted by atomic mass is 9.91. The van der Waals surface area contributed by atoms with E-state index in [9.17, 15) is 4.79 Å². The van der Waals surface area contributed by atoms with Crippen LogP contribution >= 0.6 is 0 Å². The Morgan fingerprint density at radius 1 is 1.53 bits per heavy atom. The fourth-order valence-corrected chi connectivity index (χ4v) is 1.74. The number of nitrogens with zero attached hydrogens (tertiary/aromatic N) is 1. The highest BCUT2D eigenvalue weighted by molar-refractivity contribution is 5.77. The summed E-state index contributed by atoms with van der Waals surface area (Å²) in [6.07, 6.45) is 4.43. The first-order valence-electron chi connectivity index (χ1n) is 5.86. The topological polar surface area (TPSA) is 55.6 Å². The zero-order valence-electron chi connectivity index (χ0n) is 9.58. The first-order valence-corrected chi connectivity index (χ1v) is 5.86. The molecule has 1 fully saturated rings. The van der Waals surface area contributed by atoms with Gasteiger partial charge in [-0.05, 0) is 25.7 Å². The number of amides is 1. The summed E-state index contributed by atoms with van der Waals surface area (Å²) in [6, 6.07) is 0.422. The van der Waals surface area contributed by atoms with Crippen LogP contribution < -0.4 is 5.73 Å². The van der Waals surface area contributed by atoms with Gasteiger partial charge in [-0.15, -0.1) is 0 Å². The minimum atomic E-state index is 0.0959. The highest BCUT2D eigenvalue weighted by atomic mass is 16.5. The Hall–Kier alpha value is -0.610. The van der Waals surface area contributed by atoms with Crippen molar-refractivity contribution in [1.82, 2.24) is 4.90 Å². The maximum absolute atomic E-state index is 11.8. The Bertz CT molecular complexity index is 193. The number of carbonyl (C=O) groups excluding carboxylic acids is 1. The van der Waals surface area contributed by atoms with E-state index in [0.717, 1.165) is 19.3 Å². The number of hydrogen-bond acceptors (Lipinski definition) is 3. The summed E-state index contributed by atoms with van der Waals surface area (Å²) in [5.41, 5.74) is 5.50. The third-order valence-electron chi connectivity index (χ3n) is 2.78. The van der Waals surface area contributed by atoms with Gasteiger partial charge in [-0.25, -0.2) is 0 Å². The fourth-order valence-electron chi connectivity index (χ4n) is 1.74. The van der Waals surface area contributed by atoms with Crippen LogP contribution in [0, 0.1) is 0 Å². The van der Waals surface area contributed by atoms with E-state index in [0.29, 0.717) is 25.7 Å². The molecule has 1 amide bonds. The quantitative estimate of drug-likeness (QED) is 0.636. The predicted molar refractivity (Wildman–Crippen MR) is 59.5 cm³/mol. The van der Waals surface area contributed by atoms with Gasteiger partial charge in [0.1, 0.15) is 6.61 Å². The van der Waals surface area contributed by atoms with Crippen LogP contribution in [0.3, 0.4) is 0 Å². The average molecular weight is 214 g/mol. The van der Waals surface area contributed by atoms with E-state index in [1.807, 2.05) is 11.8 Å². The molecular weight excluding hydrogens is 192 g/mol. The molecule has 0 aliphatic heterocycles. The van der Waals surface area contributed by atoms with Crippen molar-refractivity contribution in [1.29, 1.82) is 0 Å². The van der Waals surface area contributed by atoms with Crippen molar-refractivity contribution < 1.29 is 9.53 Å². The molecule has 0 spiro atoms. The molecule has 1 aliphatic rings. The van der Waals surface area contributed by atoms with Crippen molar-refractivity contribution in [3.05, 3.63) is 0 Å². The molecule has 88 valence electrons. The van der Waals surface area contributed by atoms with Gasteiger partial charge < -0.3 is 15.4 Å². The smallest absolute Gasteiger partial charge is 0.248 e. The first-order chi connectivity index (χ1) is 7.29. The molecule has 1 aliphatic carbocycles. The van der Waals surface area contributed by atoms with Crippen LogP contribution in [0.1, 0.15) is 32.6 Å². The molecule has 4 nitrogen and oxygen atoms in total. The van der Waals surface area contributed by atoms with Gasteiger partial charge in [-0.3, -0.25) is 4.79 Å². The molecular formula is C11H22N2O2. The van der Waals surface area contributed by atoms with Gasteiger partial charge in [0.05, 0.1) is 0 Å². The van der Waals surface area contributed by atoms with Crippen molar-refractivity contribution in [2.45, 2.75) is 38.6 Å². The summed E-state index contributed by atoms with van der Waals surface area (Å²) in [4.78, 5) is 13.7. The molecule has 4 heteroatoms. The number of nitrogens with two attached hydrogens (primary N) is 1. The standard InChI is InChI=1S/C11H22N2O2/c1-2-8-15-9-11(14)13(7-6-12)10-4-3-5-10/h10H,2-9,12H2,1H3. The average Bonchev–Trinajstić information content (AvgIpc) is 2.14. The summed E-state index contributed by atoms with van der Waals surface area (Å²) in [5.74, 6) is 0.0959. The Morgan fingerprint density at radius 3 is 2.73 bits per heavy atom. The Kier molecular flexibility index (Phi) is 5.65. The minimum Gasteiger partial charge on any atom is -0.372 e. The minimum absolute atomic E-state index is 0.0959. The highest BCUT2D eigenvalue weighted by Gasteiger charge is 2.27. The second-order valence-electron chi connectivity index (χ2n) is 4.01. The lowest BCUT2D eigenvalue weighted by Crippen LogP contribution is -2.47. The molecule has 0 aromatic heterocycles. The molecule has 0 radical (unpaired) electrons. The monoisotopic (exact) mass is 214 g/mol. The van der Waals surface area contributed by atoms with E-state index < -0.39 is 0 Å². The lowest BCUT2D eigenvalue weighted by molar-refractivity contribution is -0.140. The van der Waals surface area contributed by atoms with Gasteiger partial charge in [0.2, 0.25) is 5.91 Å². The van der Waals surface area contributed by atoms with Gasteiger partial charge in [-0.2, -0.15) is 0 Å². The predicted octanol–water partition coefficient (Wildman–Crippen LogP) is 0.753. The lowest BCUT2D eigenvalue weighted by Gasteiger charge is -2.37. The third-order valence-corrected chi connectivity index (χ3v) is 2.78. The van der Waals surface area contributed by atoms with E-state index in [1.54, 1.807) is 0 Å². The zero-order valence-corrected chi connectivity index (χ0v) is 9.58. The second kappa shape index (κ2) is 6.80. The summed E-state index contributed by atoms with van der Waals surface area (Å²) in [5, 5.41) is 0. The largest absolute Gasteiger partial charge is 0.372 e. The van der Waals surface area contributed by atoms with Crippen LogP contribution in [0.15, 0.2) is 0 Å². The fraction of sp³-hybridized carbons (Fsp3) is 0.909. The molecule has 1 rings (SSSR count). The summed E-state index contributed by atoms with van der Waals surface area (Å²) in [7, 11) is 0. The van der Waals surface area contributed by atoms with Crippen molar-refractivity contribution in [3.63, 3.8) is 0 Å². The number of carbonyl (C=O) groups is 1. The van der Waals surface area contributed by atoms with Crippen LogP contribution in [-0.4, -0.2) is 43.2 Å². The molecule has 0 bridgehead atoms. The van der Waals surface area contributed by atoms with Crippen LogP contribution in [-0.2, 0) is 9.53 Å². The number of rotatable bonds is 7.